The Morgan fingerprint density at radius 3 is 2.91 bits per heavy atom. The molecule has 0 heterocycles. The van der Waals surface area contributed by atoms with Crippen molar-refractivity contribution in [2.75, 3.05) is 0 Å². The molecule has 0 bridgehead atoms. The Labute approximate surface area is 133 Å². The van der Waals surface area contributed by atoms with Gasteiger partial charge in [0.2, 0.25) is 0 Å². The maximum Gasteiger partial charge on any atom is 0.302 e. The Morgan fingerprint density at radius 2 is 2.09 bits per heavy atom. The van der Waals surface area contributed by atoms with Crippen LogP contribution in [0.3, 0.4) is 0 Å². The molecule has 118 valence electrons. The van der Waals surface area contributed by atoms with Crippen molar-refractivity contribution in [3.05, 3.63) is 35.4 Å². The van der Waals surface area contributed by atoms with Crippen LogP contribution < -0.4 is 0 Å². The first-order valence-electron chi connectivity index (χ1n) is 8.83. The summed E-state index contributed by atoms with van der Waals surface area (Å²) in [6, 6.07) is 8.83. The summed E-state index contributed by atoms with van der Waals surface area (Å²) in [5, 5.41) is 0. The summed E-state index contributed by atoms with van der Waals surface area (Å²) >= 11 is 0. The third-order valence-corrected chi connectivity index (χ3v) is 6.68. The number of hydrogen-bond acceptors (Lipinski definition) is 2. The highest BCUT2D eigenvalue weighted by Gasteiger charge is 2.54. The Balaban J connectivity index is 1.77. The summed E-state index contributed by atoms with van der Waals surface area (Å²) in [6.45, 7) is 4.00. The van der Waals surface area contributed by atoms with Crippen LogP contribution >= 0.6 is 0 Å². The van der Waals surface area contributed by atoms with Crippen molar-refractivity contribution in [2.45, 2.75) is 64.4 Å². The van der Waals surface area contributed by atoms with Crippen LogP contribution in [0, 0.1) is 17.3 Å². The molecule has 4 rings (SSSR count). The third kappa shape index (κ3) is 2.11. The third-order valence-electron chi connectivity index (χ3n) is 6.68. The van der Waals surface area contributed by atoms with Gasteiger partial charge in [-0.15, -0.1) is 0 Å². The molecule has 2 heteroatoms. The summed E-state index contributed by atoms with van der Waals surface area (Å²) in [7, 11) is 0. The van der Waals surface area contributed by atoms with E-state index >= 15 is 0 Å². The van der Waals surface area contributed by atoms with Gasteiger partial charge in [0, 0.05) is 12.8 Å². The van der Waals surface area contributed by atoms with Gasteiger partial charge in [0.15, 0.2) is 0 Å². The fraction of sp³-hybridized carbons (Fsp3) is 0.650. The van der Waals surface area contributed by atoms with Gasteiger partial charge in [-0.2, -0.15) is 0 Å². The molecule has 5 atom stereocenters. The number of ether oxygens (including phenoxy) is 1. The van der Waals surface area contributed by atoms with Crippen LogP contribution in [0.5, 0.6) is 0 Å². The molecule has 0 aromatic heterocycles. The molecular weight excluding hydrogens is 272 g/mol. The van der Waals surface area contributed by atoms with Crippen LogP contribution in [0.25, 0.3) is 0 Å². The monoisotopic (exact) mass is 298 g/mol. The van der Waals surface area contributed by atoms with Gasteiger partial charge in [-0.25, -0.2) is 0 Å². The Kier molecular flexibility index (Phi) is 3.32. The number of benzene rings is 1. The van der Waals surface area contributed by atoms with Gasteiger partial charge >= 0.3 is 5.97 Å². The zero-order valence-electron chi connectivity index (χ0n) is 13.7. The second kappa shape index (κ2) is 5.11. The zero-order chi connectivity index (χ0) is 15.3. The summed E-state index contributed by atoms with van der Waals surface area (Å²) in [5.41, 5.74) is 3.31. The molecule has 0 amide bonds. The zero-order valence-corrected chi connectivity index (χ0v) is 13.7. The van der Waals surface area contributed by atoms with Gasteiger partial charge in [-0.3, -0.25) is 4.79 Å². The molecule has 3 aliphatic rings. The fourth-order valence-electron chi connectivity index (χ4n) is 5.91. The van der Waals surface area contributed by atoms with Crippen molar-refractivity contribution in [3.8, 4) is 0 Å². The molecule has 3 aliphatic carbocycles. The molecule has 0 spiro atoms. The van der Waals surface area contributed by atoms with Crippen LogP contribution in [0.1, 0.15) is 63.0 Å². The minimum absolute atomic E-state index is 0.0725. The van der Waals surface area contributed by atoms with E-state index in [0.717, 1.165) is 12.3 Å². The molecule has 2 fully saturated rings. The van der Waals surface area contributed by atoms with Gasteiger partial charge in [-0.05, 0) is 60.5 Å². The lowest BCUT2D eigenvalue weighted by molar-refractivity contribution is -0.155. The number of esters is 1. The quantitative estimate of drug-likeness (QED) is 0.715. The Bertz CT molecular complexity index is 593. The highest BCUT2D eigenvalue weighted by Crippen LogP contribution is 2.61. The van der Waals surface area contributed by atoms with Crippen molar-refractivity contribution in [1.82, 2.24) is 0 Å². The summed E-state index contributed by atoms with van der Waals surface area (Å²) < 4.78 is 5.85. The molecule has 0 radical (unpaired) electrons. The second-order valence-electron chi connectivity index (χ2n) is 7.93. The van der Waals surface area contributed by atoms with Crippen molar-refractivity contribution < 1.29 is 9.53 Å². The Morgan fingerprint density at radius 1 is 1.27 bits per heavy atom. The van der Waals surface area contributed by atoms with Crippen molar-refractivity contribution >= 4 is 5.97 Å². The lowest BCUT2D eigenvalue weighted by Crippen LogP contribution is -2.48. The standard InChI is InChI=1S/C20H26O2/c1-13(21)22-18-12-20(2)11-5-8-17(20)16-10-9-14-6-3-4-7-15(14)19(16)18/h3-4,6-7,16-19H,5,8-12H2,1-2H3/t16-,17-,18+,19+,20-/m0/s1. The largest absolute Gasteiger partial charge is 0.462 e. The summed E-state index contributed by atoms with van der Waals surface area (Å²) in [6.07, 6.45) is 7.60. The van der Waals surface area contributed by atoms with Gasteiger partial charge < -0.3 is 4.74 Å². The first-order valence-corrected chi connectivity index (χ1v) is 8.83. The average Bonchev–Trinajstić information content (AvgIpc) is 2.87. The predicted octanol–water partition coefficient (Wildman–Crippen LogP) is 4.47. The van der Waals surface area contributed by atoms with E-state index in [0.29, 0.717) is 17.3 Å². The number of carbonyl (C=O) groups excluding carboxylic acids is 1. The smallest absolute Gasteiger partial charge is 0.302 e. The first kappa shape index (κ1) is 14.3. The Hall–Kier alpha value is -1.31. The summed E-state index contributed by atoms with van der Waals surface area (Å²) in [4.78, 5) is 11.7. The molecule has 1 aromatic carbocycles. The van der Waals surface area contributed by atoms with Gasteiger partial charge in [0.05, 0.1) is 0 Å². The average molecular weight is 298 g/mol. The maximum absolute atomic E-state index is 11.7. The van der Waals surface area contributed by atoms with E-state index in [1.54, 1.807) is 6.92 Å². The SMILES string of the molecule is CC(=O)O[C@@H]1C[C@]2(C)CCC[C@H]2[C@@H]2CCc3ccccc3[C@H]21. The number of hydrogen-bond donors (Lipinski definition) is 0. The fourth-order valence-corrected chi connectivity index (χ4v) is 5.91. The topological polar surface area (TPSA) is 26.3 Å². The van der Waals surface area contributed by atoms with Crippen LogP contribution in [-0.2, 0) is 16.0 Å². The first-order chi connectivity index (χ1) is 10.6. The van der Waals surface area contributed by atoms with Crippen molar-refractivity contribution in [3.63, 3.8) is 0 Å². The van der Waals surface area contributed by atoms with Crippen molar-refractivity contribution in [1.29, 1.82) is 0 Å². The van der Waals surface area contributed by atoms with Crippen LogP contribution in [0.4, 0.5) is 0 Å². The minimum Gasteiger partial charge on any atom is -0.462 e. The van der Waals surface area contributed by atoms with E-state index in [9.17, 15) is 4.79 Å². The molecule has 2 nitrogen and oxygen atoms in total. The molecule has 0 N–H and O–H groups in total. The van der Waals surface area contributed by atoms with E-state index < -0.39 is 0 Å². The number of rotatable bonds is 1. The van der Waals surface area contributed by atoms with E-state index in [2.05, 4.69) is 31.2 Å². The molecule has 0 unspecified atom stereocenters. The van der Waals surface area contributed by atoms with Crippen LogP contribution in [0.2, 0.25) is 0 Å². The minimum atomic E-state index is -0.119. The van der Waals surface area contributed by atoms with Crippen molar-refractivity contribution in [2.24, 2.45) is 17.3 Å². The van der Waals surface area contributed by atoms with Gasteiger partial charge in [-0.1, -0.05) is 37.6 Å². The maximum atomic E-state index is 11.7. The molecular formula is C20H26O2. The van der Waals surface area contributed by atoms with E-state index in [-0.39, 0.29) is 12.1 Å². The lowest BCUT2D eigenvalue weighted by atomic mass is 9.54. The normalized spacial score (nSPS) is 39.5. The number of carbonyl (C=O) groups is 1. The molecule has 0 saturated heterocycles. The van der Waals surface area contributed by atoms with Gasteiger partial charge in [0.25, 0.3) is 0 Å². The lowest BCUT2D eigenvalue weighted by Gasteiger charge is -2.52. The molecule has 22 heavy (non-hydrogen) atoms. The molecule has 1 aromatic rings. The van der Waals surface area contributed by atoms with E-state index in [1.807, 2.05) is 0 Å². The van der Waals surface area contributed by atoms with Crippen LogP contribution in [0.15, 0.2) is 24.3 Å². The summed E-state index contributed by atoms with van der Waals surface area (Å²) in [5.74, 6) is 1.81. The predicted molar refractivity (Wildman–Crippen MR) is 86.6 cm³/mol. The number of fused-ring (bicyclic) bond motifs is 5. The highest BCUT2D eigenvalue weighted by molar-refractivity contribution is 5.66. The van der Waals surface area contributed by atoms with E-state index in [1.165, 1.54) is 43.2 Å². The molecule has 0 aliphatic heterocycles. The van der Waals surface area contributed by atoms with Gasteiger partial charge in [0.1, 0.15) is 6.10 Å². The second-order valence-corrected chi connectivity index (χ2v) is 7.93. The van der Waals surface area contributed by atoms with Crippen LogP contribution in [-0.4, -0.2) is 12.1 Å². The number of aryl methyl sites for hydroxylation is 1. The highest BCUT2D eigenvalue weighted by atomic mass is 16.5. The molecule has 2 saturated carbocycles. The van der Waals surface area contributed by atoms with E-state index in [4.69, 9.17) is 4.74 Å².